The second-order valence-corrected chi connectivity index (χ2v) is 3.84. The fourth-order valence-corrected chi connectivity index (χ4v) is 1.50. The van der Waals surface area contributed by atoms with Gasteiger partial charge in [0.05, 0.1) is 6.20 Å². The monoisotopic (exact) mass is 234 g/mol. The molecule has 5 heteroatoms. The van der Waals surface area contributed by atoms with E-state index >= 15 is 0 Å². The maximum Gasteiger partial charge on any atom is 0.283 e. The first-order valence-electron chi connectivity index (χ1n) is 4.63. The van der Waals surface area contributed by atoms with Crippen LogP contribution in [0.2, 0.25) is 0 Å². The second-order valence-electron chi connectivity index (χ2n) is 3.06. The number of carbonyl (C=O) groups is 1. The van der Waals surface area contributed by atoms with Crippen molar-refractivity contribution in [1.29, 1.82) is 0 Å². The van der Waals surface area contributed by atoms with E-state index in [1.165, 1.54) is 6.39 Å². The summed E-state index contributed by atoms with van der Waals surface area (Å²) in [5, 5.41) is 2.67. The summed E-state index contributed by atoms with van der Waals surface area (Å²) in [6.45, 7) is 0. The fraction of sp³-hybridized carbons (Fsp3) is 0.0909. The first-order chi connectivity index (χ1) is 7.79. The van der Waals surface area contributed by atoms with Gasteiger partial charge in [-0.1, -0.05) is 23.9 Å². The molecule has 16 heavy (non-hydrogen) atoms. The van der Waals surface area contributed by atoms with Gasteiger partial charge in [0.2, 0.25) is 0 Å². The summed E-state index contributed by atoms with van der Waals surface area (Å²) in [4.78, 5) is 15.0. The number of rotatable bonds is 2. The maximum absolute atomic E-state index is 11.2. The van der Waals surface area contributed by atoms with E-state index in [1.807, 2.05) is 24.3 Å². The third kappa shape index (κ3) is 2.43. The van der Waals surface area contributed by atoms with Gasteiger partial charge < -0.3 is 9.73 Å². The zero-order valence-electron chi connectivity index (χ0n) is 8.64. The zero-order chi connectivity index (χ0) is 11.4. The first kappa shape index (κ1) is 10.8. The second kappa shape index (κ2) is 4.85. The summed E-state index contributed by atoms with van der Waals surface area (Å²) in [5.41, 5.74) is 1.63. The Morgan fingerprint density at radius 2 is 2.38 bits per heavy atom. The highest BCUT2D eigenvalue weighted by atomic mass is 32.2. The molecule has 0 saturated carbocycles. The predicted molar refractivity (Wildman–Crippen MR) is 64.5 cm³/mol. The molecule has 1 N–H and O–H groups in total. The highest BCUT2D eigenvalue weighted by Crippen LogP contribution is 2.22. The van der Waals surface area contributed by atoms with Crippen molar-refractivity contribution in [2.45, 2.75) is 0 Å². The molecule has 2 aromatic rings. The summed E-state index contributed by atoms with van der Waals surface area (Å²) in [7, 11) is 0. The summed E-state index contributed by atoms with van der Waals surface area (Å²) >= 11 is 1.14. The highest BCUT2D eigenvalue weighted by Gasteiger charge is 2.04. The summed E-state index contributed by atoms with van der Waals surface area (Å²) in [5.74, 6) is 0.681. The van der Waals surface area contributed by atoms with Crippen LogP contribution in [0.15, 0.2) is 41.3 Å². The van der Waals surface area contributed by atoms with E-state index in [1.54, 1.807) is 12.5 Å². The molecule has 0 bridgehead atoms. The van der Waals surface area contributed by atoms with Crippen molar-refractivity contribution < 1.29 is 9.21 Å². The molecule has 0 fully saturated rings. The lowest BCUT2D eigenvalue weighted by molar-refractivity contribution is 0.270. The molecule has 1 amide bonds. The van der Waals surface area contributed by atoms with Crippen LogP contribution in [0.4, 0.5) is 10.5 Å². The van der Waals surface area contributed by atoms with E-state index in [4.69, 9.17) is 4.42 Å². The average Bonchev–Trinajstić information content (AvgIpc) is 2.83. The lowest BCUT2D eigenvalue weighted by Crippen LogP contribution is -2.03. The number of hydrogen-bond acceptors (Lipinski definition) is 4. The predicted octanol–water partition coefficient (Wildman–Crippen LogP) is 3.24. The normalized spacial score (nSPS) is 10.1. The number of aromatic nitrogens is 1. The van der Waals surface area contributed by atoms with Gasteiger partial charge in [-0.3, -0.25) is 4.79 Å². The van der Waals surface area contributed by atoms with E-state index in [2.05, 4.69) is 10.3 Å². The standard InChI is InChI=1S/C11H10N2O2S/c1-16-11(14)13-9-4-2-3-8(5-9)10-6-12-7-15-10/h2-7H,1H3,(H,13,14). The lowest BCUT2D eigenvalue weighted by atomic mass is 10.1. The van der Waals surface area contributed by atoms with Crippen molar-refractivity contribution in [2.24, 2.45) is 0 Å². The molecule has 0 atom stereocenters. The first-order valence-corrected chi connectivity index (χ1v) is 5.86. The Balaban J connectivity index is 2.23. The smallest absolute Gasteiger partial charge is 0.283 e. The van der Waals surface area contributed by atoms with Crippen LogP contribution in [0, 0.1) is 0 Å². The molecule has 0 radical (unpaired) electrons. The van der Waals surface area contributed by atoms with E-state index in [9.17, 15) is 4.79 Å². The van der Waals surface area contributed by atoms with Crippen LogP contribution in [0.25, 0.3) is 11.3 Å². The molecule has 4 nitrogen and oxygen atoms in total. The maximum atomic E-state index is 11.2. The van der Waals surface area contributed by atoms with Gasteiger partial charge in [-0.15, -0.1) is 0 Å². The van der Waals surface area contributed by atoms with Crippen LogP contribution in [-0.2, 0) is 0 Å². The van der Waals surface area contributed by atoms with Gasteiger partial charge in [0.1, 0.15) is 0 Å². The van der Waals surface area contributed by atoms with Crippen molar-refractivity contribution in [1.82, 2.24) is 4.98 Å². The molecular formula is C11H10N2O2S. The Hall–Kier alpha value is -1.75. The Morgan fingerprint density at radius 1 is 1.50 bits per heavy atom. The van der Waals surface area contributed by atoms with E-state index in [-0.39, 0.29) is 5.24 Å². The summed E-state index contributed by atoms with van der Waals surface area (Å²) < 4.78 is 5.18. The van der Waals surface area contributed by atoms with Gasteiger partial charge in [0.15, 0.2) is 12.2 Å². The highest BCUT2D eigenvalue weighted by molar-refractivity contribution is 8.13. The van der Waals surface area contributed by atoms with Crippen molar-refractivity contribution in [2.75, 3.05) is 11.6 Å². The van der Waals surface area contributed by atoms with Crippen molar-refractivity contribution in [3.8, 4) is 11.3 Å². The number of nitrogens with zero attached hydrogens (tertiary/aromatic N) is 1. The van der Waals surface area contributed by atoms with E-state index in [0.29, 0.717) is 5.76 Å². The number of anilines is 1. The number of amides is 1. The molecule has 1 heterocycles. The third-order valence-corrected chi connectivity index (χ3v) is 2.48. The summed E-state index contributed by atoms with van der Waals surface area (Å²) in [6, 6.07) is 7.42. The zero-order valence-corrected chi connectivity index (χ0v) is 9.45. The minimum atomic E-state index is -0.0882. The fourth-order valence-electron chi connectivity index (χ4n) is 1.28. The molecule has 1 aromatic heterocycles. The quantitative estimate of drug-likeness (QED) is 0.866. The average molecular weight is 234 g/mol. The lowest BCUT2D eigenvalue weighted by Gasteiger charge is -2.04. The van der Waals surface area contributed by atoms with Crippen molar-refractivity contribution >= 4 is 22.7 Å². The number of benzene rings is 1. The van der Waals surface area contributed by atoms with Gasteiger partial charge in [-0.05, 0) is 18.4 Å². The molecule has 82 valence electrons. The number of carbonyl (C=O) groups excluding carboxylic acids is 1. The van der Waals surface area contributed by atoms with Crippen LogP contribution in [0.5, 0.6) is 0 Å². The number of nitrogens with one attached hydrogen (secondary N) is 1. The van der Waals surface area contributed by atoms with Gasteiger partial charge >= 0.3 is 0 Å². The topological polar surface area (TPSA) is 55.1 Å². The molecule has 0 unspecified atom stereocenters. The molecule has 0 aliphatic heterocycles. The van der Waals surface area contributed by atoms with Gasteiger partial charge in [-0.25, -0.2) is 4.98 Å². The Morgan fingerprint density at radius 3 is 3.06 bits per heavy atom. The van der Waals surface area contributed by atoms with Crippen LogP contribution in [0.3, 0.4) is 0 Å². The molecule has 2 rings (SSSR count). The van der Waals surface area contributed by atoms with Gasteiger partial charge in [0.25, 0.3) is 5.24 Å². The summed E-state index contributed by atoms with van der Waals surface area (Å²) in [6.07, 6.45) is 4.74. The molecule has 0 aliphatic carbocycles. The van der Waals surface area contributed by atoms with E-state index < -0.39 is 0 Å². The van der Waals surface area contributed by atoms with Crippen LogP contribution in [0.1, 0.15) is 0 Å². The minimum Gasteiger partial charge on any atom is -0.444 e. The van der Waals surface area contributed by atoms with Crippen LogP contribution < -0.4 is 5.32 Å². The number of thioether (sulfide) groups is 1. The molecule has 1 aromatic carbocycles. The van der Waals surface area contributed by atoms with Crippen LogP contribution in [-0.4, -0.2) is 16.5 Å². The minimum absolute atomic E-state index is 0.0882. The largest absolute Gasteiger partial charge is 0.444 e. The molecule has 0 spiro atoms. The Bertz CT molecular complexity index is 482. The van der Waals surface area contributed by atoms with Gasteiger partial charge in [-0.2, -0.15) is 0 Å². The Kier molecular flexibility index (Phi) is 3.26. The van der Waals surface area contributed by atoms with Crippen molar-refractivity contribution in [3.05, 3.63) is 36.9 Å². The molecule has 0 saturated heterocycles. The SMILES string of the molecule is CSC(=O)Nc1cccc(-c2cnco2)c1. The number of oxazole rings is 1. The number of hydrogen-bond donors (Lipinski definition) is 1. The molecular weight excluding hydrogens is 224 g/mol. The third-order valence-electron chi connectivity index (χ3n) is 2.01. The molecule has 0 aliphatic rings. The van der Waals surface area contributed by atoms with Gasteiger partial charge in [0, 0.05) is 11.3 Å². The van der Waals surface area contributed by atoms with E-state index in [0.717, 1.165) is 23.0 Å². The van der Waals surface area contributed by atoms with Crippen LogP contribution >= 0.6 is 11.8 Å². The van der Waals surface area contributed by atoms with Crippen molar-refractivity contribution in [3.63, 3.8) is 0 Å². The Labute approximate surface area is 97.1 Å².